The number of benzene rings is 1. The van der Waals surface area contributed by atoms with Crippen LogP contribution in [0.15, 0.2) is 24.4 Å². The summed E-state index contributed by atoms with van der Waals surface area (Å²) in [5.41, 5.74) is 4.51. The minimum atomic E-state index is -5.04. The fourth-order valence-corrected chi connectivity index (χ4v) is 5.21. The highest BCUT2D eigenvalue weighted by Gasteiger charge is 2.57. The molecule has 1 amide bonds. The highest BCUT2D eigenvalue weighted by Crippen LogP contribution is 2.38. The zero-order valence-electron chi connectivity index (χ0n) is 20.0. The zero-order valence-corrected chi connectivity index (χ0v) is 20.0. The third-order valence-electron chi connectivity index (χ3n) is 7.56. The number of nitrogens with zero attached hydrogens (tertiary/aromatic N) is 2. The van der Waals surface area contributed by atoms with Gasteiger partial charge in [0.2, 0.25) is 5.60 Å². The molecule has 0 radical (unpaired) electrons. The van der Waals surface area contributed by atoms with Crippen LogP contribution in [-0.4, -0.2) is 50.7 Å². The van der Waals surface area contributed by atoms with Gasteiger partial charge in [-0.2, -0.15) is 13.2 Å². The van der Waals surface area contributed by atoms with Crippen LogP contribution in [0.5, 0.6) is 0 Å². The number of hydrogen-bond acceptors (Lipinski definition) is 4. The summed E-state index contributed by atoms with van der Waals surface area (Å²) in [6, 6.07) is 6.33. The number of pyridine rings is 1. The predicted molar refractivity (Wildman–Crippen MR) is 127 cm³/mol. The summed E-state index contributed by atoms with van der Waals surface area (Å²) in [6.45, 7) is 5.63. The molecule has 1 saturated heterocycles. The summed E-state index contributed by atoms with van der Waals surface area (Å²) in [5, 5.41) is 14.5. The van der Waals surface area contributed by atoms with E-state index in [2.05, 4.69) is 40.4 Å². The third-order valence-corrected chi connectivity index (χ3v) is 7.56. The van der Waals surface area contributed by atoms with Crippen LogP contribution in [0.25, 0.3) is 22.2 Å². The van der Waals surface area contributed by atoms with E-state index in [1.807, 2.05) is 13.1 Å². The number of hydrogen-bond donors (Lipinski definition) is 3. The highest BCUT2D eigenvalue weighted by molar-refractivity contribution is 5.87. The van der Waals surface area contributed by atoms with E-state index in [0.717, 1.165) is 74.4 Å². The molecule has 1 fully saturated rings. The van der Waals surface area contributed by atoms with Gasteiger partial charge in [-0.15, -0.1) is 0 Å². The molecule has 1 aromatic carbocycles. The number of fused-ring (bicyclic) bond motifs is 2. The van der Waals surface area contributed by atoms with Gasteiger partial charge in [0, 0.05) is 42.0 Å². The van der Waals surface area contributed by atoms with Crippen molar-refractivity contribution in [1.29, 1.82) is 0 Å². The summed E-state index contributed by atoms with van der Waals surface area (Å²) in [5.74, 6) is -1.31. The Bertz CT molecular complexity index is 1310. The molecule has 4 heterocycles. The van der Waals surface area contributed by atoms with Gasteiger partial charge in [0.05, 0.1) is 0 Å². The number of aliphatic hydroxyl groups is 1. The van der Waals surface area contributed by atoms with Crippen molar-refractivity contribution in [3.63, 3.8) is 0 Å². The lowest BCUT2D eigenvalue weighted by Gasteiger charge is -2.36. The molecule has 2 aliphatic heterocycles. The molecule has 0 aliphatic carbocycles. The molecule has 0 spiro atoms. The number of alkyl halides is 3. The number of aryl methyl sites for hydroxylation is 2. The number of carbonyl (C=O) groups excluding carboxylic acids is 1. The van der Waals surface area contributed by atoms with Gasteiger partial charge >= 0.3 is 6.18 Å². The average molecular weight is 487 g/mol. The smallest absolute Gasteiger partial charge is 0.373 e. The van der Waals surface area contributed by atoms with Gasteiger partial charge < -0.3 is 20.3 Å². The van der Waals surface area contributed by atoms with Crippen molar-refractivity contribution in [1.82, 2.24) is 20.2 Å². The first-order valence-corrected chi connectivity index (χ1v) is 11.9. The van der Waals surface area contributed by atoms with Crippen LogP contribution in [0.4, 0.5) is 13.2 Å². The molecule has 0 unspecified atom stereocenters. The van der Waals surface area contributed by atoms with E-state index in [4.69, 9.17) is 0 Å². The van der Waals surface area contributed by atoms with Crippen LogP contribution < -0.4 is 5.32 Å². The summed E-state index contributed by atoms with van der Waals surface area (Å²) < 4.78 is 40.0. The van der Waals surface area contributed by atoms with Gasteiger partial charge in [-0.3, -0.25) is 4.79 Å². The van der Waals surface area contributed by atoms with Crippen LogP contribution in [0, 0.1) is 13.8 Å². The maximum absolute atomic E-state index is 13.3. The van der Waals surface area contributed by atoms with Crippen molar-refractivity contribution < 1.29 is 23.1 Å². The molecule has 0 bridgehead atoms. The van der Waals surface area contributed by atoms with E-state index in [-0.39, 0.29) is 19.1 Å². The predicted octanol–water partition coefficient (Wildman–Crippen LogP) is 4.47. The normalized spacial score (nSPS) is 20.2. The van der Waals surface area contributed by atoms with E-state index < -0.39 is 17.7 Å². The SMILES string of the molecule is Cc1[nH]c2ncc(-c3cc4c(c([C@@H]5CCCN5)c3)CN(C(=O)[C@](C)(O)C(F)(F)F)CC4)cc2c1C. The van der Waals surface area contributed by atoms with E-state index >= 15 is 0 Å². The fourth-order valence-electron chi connectivity index (χ4n) is 5.21. The largest absolute Gasteiger partial charge is 0.426 e. The summed E-state index contributed by atoms with van der Waals surface area (Å²) in [7, 11) is 0. The highest BCUT2D eigenvalue weighted by atomic mass is 19.4. The van der Waals surface area contributed by atoms with Crippen molar-refractivity contribution in [2.45, 2.75) is 64.4 Å². The van der Waals surface area contributed by atoms with Crippen LogP contribution in [0.3, 0.4) is 0 Å². The average Bonchev–Trinajstić information content (AvgIpc) is 3.45. The van der Waals surface area contributed by atoms with Crippen molar-refractivity contribution in [2.75, 3.05) is 13.1 Å². The van der Waals surface area contributed by atoms with Crippen molar-refractivity contribution in [3.8, 4) is 11.1 Å². The number of nitrogens with one attached hydrogen (secondary N) is 2. The Labute approximate surface area is 201 Å². The number of carbonyl (C=O) groups is 1. The maximum Gasteiger partial charge on any atom is 0.426 e. The Hall–Kier alpha value is -2.91. The summed E-state index contributed by atoms with van der Waals surface area (Å²) in [6.07, 6.45) is -0.864. The molecule has 9 heteroatoms. The standard InChI is InChI=1S/C26H29F3N4O2/c1-14-15(2)32-23-19(14)11-18(12-31-23)17-9-16-6-8-33(24(34)25(3,35)26(27,28)29)13-21(16)20(10-17)22-5-4-7-30-22/h9-12,22,30,35H,4-8,13H2,1-3H3,(H,31,32)/t22-,25-/m0/s1. The van der Waals surface area contributed by atoms with Gasteiger partial charge in [0.15, 0.2) is 0 Å². The first-order valence-electron chi connectivity index (χ1n) is 11.9. The van der Waals surface area contributed by atoms with E-state index in [9.17, 15) is 23.1 Å². The summed E-state index contributed by atoms with van der Waals surface area (Å²) in [4.78, 5) is 21.7. The maximum atomic E-state index is 13.3. The molecule has 2 aliphatic rings. The molecule has 35 heavy (non-hydrogen) atoms. The number of aromatic amines is 1. The van der Waals surface area contributed by atoms with Gasteiger partial charge in [0.1, 0.15) is 5.65 Å². The lowest BCUT2D eigenvalue weighted by molar-refractivity contribution is -0.250. The van der Waals surface area contributed by atoms with Crippen LogP contribution in [0.2, 0.25) is 0 Å². The second kappa shape index (κ2) is 8.34. The quantitative estimate of drug-likeness (QED) is 0.510. The molecule has 2 aromatic heterocycles. The lowest BCUT2D eigenvalue weighted by Crippen LogP contribution is -2.56. The molecule has 5 rings (SSSR count). The molecule has 186 valence electrons. The Morgan fingerprint density at radius 2 is 1.97 bits per heavy atom. The van der Waals surface area contributed by atoms with Crippen molar-refractivity contribution in [3.05, 3.63) is 52.3 Å². The second-order valence-corrected chi connectivity index (χ2v) is 9.89. The minimum absolute atomic E-state index is 0.0432. The summed E-state index contributed by atoms with van der Waals surface area (Å²) >= 11 is 0. The minimum Gasteiger partial charge on any atom is -0.373 e. The lowest BCUT2D eigenvalue weighted by atomic mass is 9.86. The Morgan fingerprint density at radius 1 is 1.20 bits per heavy atom. The number of rotatable bonds is 3. The second-order valence-electron chi connectivity index (χ2n) is 9.89. The van der Waals surface area contributed by atoms with Gasteiger partial charge in [-0.25, -0.2) is 4.98 Å². The van der Waals surface area contributed by atoms with Crippen LogP contribution in [-0.2, 0) is 17.8 Å². The van der Waals surface area contributed by atoms with Crippen LogP contribution in [0.1, 0.15) is 53.8 Å². The molecular formula is C26H29F3N4O2. The number of H-pyrrole nitrogens is 1. The topological polar surface area (TPSA) is 81.2 Å². The van der Waals surface area contributed by atoms with Gasteiger partial charge in [-0.05, 0) is 86.5 Å². The van der Waals surface area contributed by atoms with Crippen molar-refractivity contribution >= 4 is 16.9 Å². The Morgan fingerprint density at radius 3 is 2.66 bits per heavy atom. The fraction of sp³-hybridized carbons (Fsp3) is 0.462. The first kappa shape index (κ1) is 23.8. The first-order chi connectivity index (χ1) is 16.5. The number of amides is 1. The molecule has 2 atom stereocenters. The Balaban J connectivity index is 1.56. The molecular weight excluding hydrogens is 457 g/mol. The number of aromatic nitrogens is 2. The molecule has 6 nitrogen and oxygen atoms in total. The zero-order chi connectivity index (χ0) is 25.1. The van der Waals surface area contributed by atoms with Gasteiger partial charge in [0.25, 0.3) is 5.91 Å². The van der Waals surface area contributed by atoms with E-state index in [1.165, 1.54) is 0 Å². The van der Waals surface area contributed by atoms with Crippen molar-refractivity contribution in [2.24, 2.45) is 0 Å². The van der Waals surface area contributed by atoms with Crippen LogP contribution >= 0.6 is 0 Å². The van der Waals surface area contributed by atoms with Gasteiger partial charge in [-0.1, -0.05) is 6.07 Å². The van der Waals surface area contributed by atoms with E-state index in [1.54, 1.807) is 0 Å². The molecule has 3 N–H and O–H groups in total. The monoisotopic (exact) mass is 486 g/mol. The molecule has 0 saturated carbocycles. The Kier molecular flexibility index (Phi) is 5.68. The van der Waals surface area contributed by atoms with E-state index in [0.29, 0.717) is 13.3 Å². The molecule has 3 aromatic rings. The third kappa shape index (κ3) is 4.00. The number of halogens is 3.